The van der Waals surface area contributed by atoms with E-state index in [-0.39, 0.29) is 5.25 Å². The third kappa shape index (κ3) is 4.00. The summed E-state index contributed by atoms with van der Waals surface area (Å²) in [6.45, 7) is 2.13. The van der Waals surface area contributed by atoms with Crippen LogP contribution in [-0.2, 0) is 16.4 Å². The highest BCUT2D eigenvalue weighted by Crippen LogP contribution is 2.29. The highest BCUT2D eigenvalue weighted by Gasteiger charge is 2.35. The number of sulfonamides is 1. The van der Waals surface area contributed by atoms with Gasteiger partial charge in [0.15, 0.2) is 0 Å². The third-order valence-corrected chi connectivity index (χ3v) is 6.30. The minimum absolute atomic E-state index is 0.268. The van der Waals surface area contributed by atoms with Crippen LogP contribution in [0.1, 0.15) is 31.9 Å². The van der Waals surface area contributed by atoms with Crippen LogP contribution in [0.4, 0.5) is 5.82 Å². The Bertz CT molecular complexity index is 1040. The Morgan fingerprint density at radius 1 is 1.15 bits per heavy atom. The van der Waals surface area contributed by atoms with Gasteiger partial charge in [-0.2, -0.15) is 5.10 Å². The van der Waals surface area contributed by atoms with Crippen LogP contribution in [0.15, 0.2) is 49.1 Å². The molecule has 1 N–H and O–H groups in total. The molecule has 3 aromatic rings. The molecule has 8 heteroatoms. The summed E-state index contributed by atoms with van der Waals surface area (Å²) < 4.78 is 28.3. The molecule has 1 fully saturated rings. The highest BCUT2D eigenvalue weighted by molar-refractivity contribution is 7.93. The van der Waals surface area contributed by atoms with E-state index in [2.05, 4.69) is 26.7 Å². The van der Waals surface area contributed by atoms with Gasteiger partial charge in [0.1, 0.15) is 5.82 Å². The van der Waals surface area contributed by atoms with Crippen molar-refractivity contribution in [3.8, 4) is 16.8 Å². The van der Waals surface area contributed by atoms with Gasteiger partial charge in [0.2, 0.25) is 10.0 Å². The minimum atomic E-state index is -3.29. The summed E-state index contributed by atoms with van der Waals surface area (Å²) in [4.78, 5) is 8.60. The van der Waals surface area contributed by atoms with E-state index in [0.717, 1.165) is 48.2 Å². The van der Waals surface area contributed by atoms with E-state index in [1.807, 2.05) is 24.4 Å². The first kappa shape index (κ1) is 17.7. The molecule has 3 heterocycles. The number of aryl methyl sites for hydroxylation is 1. The predicted molar refractivity (Wildman–Crippen MR) is 104 cm³/mol. The fraction of sp³-hybridized carbons (Fsp3) is 0.316. The second-order valence-electron chi connectivity index (χ2n) is 6.71. The molecule has 1 aliphatic rings. The molecule has 0 unspecified atom stereocenters. The lowest BCUT2D eigenvalue weighted by molar-refractivity contribution is 0.600. The summed E-state index contributed by atoms with van der Waals surface area (Å²) in [5.41, 5.74) is 3.79. The lowest BCUT2D eigenvalue weighted by Crippen LogP contribution is -2.17. The van der Waals surface area contributed by atoms with Gasteiger partial charge >= 0.3 is 0 Å². The van der Waals surface area contributed by atoms with Crippen LogP contribution >= 0.6 is 0 Å². The molecule has 140 valence electrons. The fourth-order valence-corrected chi connectivity index (χ4v) is 4.18. The number of anilines is 1. The maximum Gasteiger partial charge on any atom is 0.236 e. The van der Waals surface area contributed by atoms with Gasteiger partial charge in [-0.1, -0.05) is 13.3 Å². The number of nitrogens with zero attached hydrogens (tertiary/aromatic N) is 4. The van der Waals surface area contributed by atoms with E-state index in [1.54, 1.807) is 29.3 Å². The summed E-state index contributed by atoms with van der Waals surface area (Å²) in [5, 5.41) is 4.16. The maximum atomic E-state index is 12.0. The number of hydrogen-bond acceptors (Lipinski definition) is 5. The highest BCUT2D eigenvalue weighted by atomic mass is 32.2. The Hall–Kier alpha value is -2.74. The zero-order valence-corrected chi connectivity index (χ0v) is 15.9. The molecule has 0 aromatic carbocycles. The molecule has 0 aliphatic heterocycles. The molecular formula is C19H21N5O2S. The van der Waals surface area contributed by atoms with Crippen LogP contribution in [0, 0.1) is 0 Å². The standard InChI is InChI=1S/C19H21N5O2S/c1-2-3-16-10-17(8-9-20-16)24-13-15(12-22-24)14-4-7-19(21-11-14)23-27(25,26)18-5-6-18/h4,7-13,18H,2-3,5-6H2,1H3,(H,21,23). The smallest absolute Gasteiger partial charge is 0.236 e. The van der Waals surface area contributed by atoms with Crippen LogP contribution in [0.3, 0.4) is 0 Å². The van der Waals surface area contributed by atoms with Gasteiger partial charge in [0, 0.05) is 35.4 Å². The van der Waals surface area contributed by atoms with Crippen molar-refractivity contribution in [3.05, 3.63) is 54.7 Å². The summed E-state index contributed by atoms with van der Waals surface area (Å²) in [6.07, 6.45) is 10.6. The van der Waals surface area contributed by atoms with Crippen molar-refractivity contribution in [2.24, 2.45) is 0 Å². The molecular weight excluding hydrogens is 362 g/mol. The molecule has 0 bridgehead atoms. The normalized spacial score (nSPS) is 14.3. The number of aromatic nitrogens is 4. The summed E-state index contributed by atoms with van der Waals surface area (Å²) in [5.74, 6) is 0.344. The molecule has 1 aliphatic carbocycles. The Balaban J connectivity index is 1.52. The zero-order valence-electron chi connectivity index (χ0n) is 15.0. The van der Waals surface area contributed by atoms with Crippen molar-refractivity contribution in [1.82, 2.24) is 19.7 Å². The number of rotatable bonds is 7. The molecule has 4 rings (SSSR count). The second-order valence-corrected chi connectivity index (χ2v) is 8.67. The Morgan fingerprint density at radius 2 is 2.00 bits per heavy atom. The molecule has 7 nitrogen and oxygen atoms in total. The molecule has 0 atom stereocenters. The predicted octanol–water partition coefficient (Wildman–Crippen LogP) is 3.19. The second kappa shape index (κ2) is 7.11. The van der Waals surface area contributed by atoms with Crippen molar-refractivity contribution >= 4 is 15.8 Å². The Morgan fingerprint density at radius 3 is 2.70 bits per heavy atom. The average molecular weight is 383 g/mol. The first-order valence-corrected chi connectivity index (χ1v) is 10.6. The van der Waals surface area contributed by atoms with E-state index in [1.165, 1.54) is 0 Å². The first-order chi connectivity index (χ1) is 13.0. The molecule has 0 saturated heterocycles. The maximum absolute atomic E-state index is 12.0. The quantitative estimate of drug-likeness (QED) is 0.677. The van der Waals surface area contributed by atoms with Crippen molar-refractivity contribution in [3.63, 3.8) is 0 Å². The van der Waals surface area contributed by atoms with Crippen molar-refractivity contribution in [1.29, 1.82) is 0 Å². The summed E-state index contributed by atoms with van der Waals surface area (Å²) in [7, 11) is -3.29. The fourth-order valence-electron chi connectivity index (χ4n) is 2.85. The van der Waals surface area contributed by atoms with Gasteiger partial charge in [-0.3, -0.25) is 9.71 Å². The van der Waals surface area contributed by atoms with E-state index in [9.17, 15) is 8.42 Å². The zero-order chi connectivity index (χ0) is 18.9. The van der Waals surface area contributed by atoms with Crippen LogP contribution < -0.4 is 4.72 Å². The number of pyridine rings is 2. The molecule has 1 saturated carbocycles. The monoisotopic (exact) mass is 383 g/mol. The van der Waals surface area contributed by atoms with Gasteiger partial charge in [-0.15, -0.1) is 0 Å². The van der Waals surface area contributed by atoms with E-state index >= 15 is 0 Å². The van der Waals surface area contributed by atoms with Crippen molar-refractivity contribution < 1.29 is 8.42 Å². The van der Waals surface area contributed by atoms with E-state index < -0.39 is 10.0 Å². The average Bonchev–Trinajstić information content (AvgIpc) is 3.41. The van der Waals surface area contributed by atoms with Crippen LogP contribution in [-0.4, -0.2) is 33.4 Å². The lowest BCUT2D eigenvalue weighted by atomic mass is 10.2. The van der Waals surface area contributed by atoms with Gasteiger partial charge in [0.05, 0.1) is 17.1 Å². The summed E-state index contributed by atoms with van der Waals surface area (Å²) >= 11 is 0. The van der Waals surface area contributed by atoms with Gasteiger partial charge < -0.3 is 0 Å². The summed E-state index contributed by atoms with van der Waals surface area (Å²) in [6, 6.07) is 7.48. The first-order valence-electron chi connectivity index (χ1n) is 9.03. The van der Waals surface area contributed by atoms with Crippen LogP contribution in [0.2, 0.25) is 0 Å². The lowest BCUT2D eigenvalue weighted by Gasteiger charge is -2.06. The van der Waals surface area contributed by atoms with Crippen LogP contribution in [0.25, 0.3) is 16.8 Å². The molecule has 0 radical (unpaired) electrons. The topological polar surface area (TPSA) is 89.8 Å². The number of nitrogens with one attached hydrogen (secondary N) is 1. The van der Waals surface area contributed by atoms with Gasteiger partial charge in [0.25, 0.3) is 0 Å². The largest absolute Gasteiger partial charge is 0.267 e. The van der Waals surface area contributed by atoms with Gasteiger partial charge in [-0.25, -0.2) is 18.1 Å². The molecule has 27 heavy (non-hydrogen) atoms. The molecule has 0 amide bonds. The van der Waals surface area contributed by atoms with Gasteiger partial charge in [-0.05, 0) is 43.5 Å². The molecule has 3 aromatic heterocycles. The Labute approximate surface area is 158 Å². The van der Waals surface area contributed by atoms with E-state index in [0.29, 0.717) is 5.82 Å². The minimum Gasteiger partial charge on any atom is -0.267 e. The SMILES string of the molecule is CCCc1cc(-n2cc(-c3ccc(NS(=O)(=O)C4CC4)nc3)cn2)ccn1. The molecule has 0 spiro atoms. The number of hydrogen-bond donors (Lipinski definition) is 1. The van der Waals surface area contributed by atoms with Crippen LogP contribution in [0.5, 0.6) is 0 Å². The third-order valence-electron chi connectivity index (χ3n) is 4.46. The Kier molecular flexibility index (Phi) is 4.65. The van der Waals surface area contributed by atoms with E-state index in [4.69, 9.17) is 0 Å². The van der Waals surface area contributed by atoms with Crippen molar-refractivity contribution in [2.45, 2.75) is 37.9 Å². The van der Waals surface area contributed by atoms with Crippen molar-refractivity contribution in [2.75, 3.05) is 4.72 Å².